The van der Waals surface area contributed by atoms with E-state index in [2.05, 4.69) is 17.1 Å². The minimum absolute atomic E-state index is 0.0820. The van der Waals surface area contributed by atoms with Crippen molar-refractivity contribution in [1.82, 2.24) is 10.1 Å². The molecule has 0 spiro atoms. The maximum absolute atomic E-state index is 6.10. The first-order chi connectivity index (χ1) is 9.19. The molecular weight excluding hydrogens is 262 g/mol. The van der Waals surface area contributed by atoms with Gasteiger partial charge in [0, 0.05) is 23.9 Å². The molecule has 0 aliphatic heterocycles. The average molecular weight is 280 g/mol. The molecule has 0 radical (unpaired) electrons. The molecule has 4 nitrogen and oxygen atoms in total. The molecule has 2 N–H and O–H groups in total. The SMILES string of the molecule is CCCC(N)Cc1nc(Cc2ccccc2Cl)no1. The maximum atomic E-state index is 6.10. The molecule has 1 unspecified atom stereocenters. The van der Waals surface area contributed by atoms with Crippen molar-refractivity contribution in [1.29, 1.82) is 0 Å². The second-order valence-electron chi connectivity index (χ2n) is 4.63. The van der Waals surface area contributed by atoms with Crippen molar-refractivity contribution in [2.45, 2.75) is 38.6 Å². The quantitative estimate of drug-likeness (QED) is 0.883. The number of nitrogens with two attached hydrogens (primary N) is 1. The van der Waals surface area contributed by atoms with Gasteiger partial charge in [0.05, 0.1) is 0 Å². The Bertz CT molecular complexity index is 527. The van der Waals surface area contributed by atoms with E-state index < -0.39 is 0 Å². The summed E-state index contributed by atoms with van der Waals surface area (Å²) >= 11 is 6.10. The minimum atomic E-state index is 0.0820. The molecule has 0 saturated heterocycles. The summed E-state index contributed by atoms with van der Waals surface area (Å²) in [6.45, 7) is 2.11. The molecule has 0 aliphatic rings. The Morgan fingerprint density at radius 3 is 2.89 bits per heavy atom. The van der Waals surface area contributed by atoms with Gasteiger partial charge in [0.2, 0.25) is 5.89 Å². The first-order valence-corrected chi connectivity index (χ1v) is 6.87. The third kappa shape index (κ3) is 4.04. The van der Waals surface area contributed by atoms with Gasteiger partial charge in [-0.25, -0.2) is 0 Å². The molecular formula is C14H18ClN3O. The number of hydrogen-bond donors (Lipinski definition) is 1. The molecule has 0 saturated carbocycles. The zero-order valence-corrected chi connectivity index (χ0v) is 11.7. The summed E-state index contributed by atoms with van der Waals surface area (Å²) in [5.74, 6) is 1.25. The summed E-state index contributed by atoms with van der Waals surface area (Å²) in [4.78, 5) is 4.35. The van der Waals surface area contributed by atoms with Crippen molar-refractivity contribution in [2.24, 2.45) is 5.73 Å². The molecule has 19 heavy (non-hydrogen) atoms. The van der Waals surface area contributed by atoms with Crippen LogP contribution in [0, 0.1) is 0 Å². The summed E-state index contributed by atoms with van der Waals surface area (Å²) in [6, 6.07) is 7.74. The number of aromatic nitrogens is 2. The van der Waals surface area contributed by atoms with Crippen molar-refractivity contribution in [3.63, 3.8) is 0 Å². The molecule has 5 heteroatoms. The number of benzene rings is 1. The van der Waals surface area contributed by atoms with E-state index in [0.29, 0.717) is 24.6 Å². The van der Waals surface area contributed by atoms with E-state index in [9.17, 15) is 0 Å². The van der Waals surface area contributed by atoms with E-state index in [1.54, 1.807) is 0 Å². The van der Waals surface area contributed by atoms with E-state index in [4.69, 9.17) is 21.9 Å². The summed E-state index contributed by atoms with van der Waals surface area (Å²) in [5, 5.41) is 4.68. The third-order valence-electron chi connectivity index (χ3n) is 2.91. The predicted octanol–water partition coefficient (Wildman–Crippen LogP) is 2.98. The molecule has 0 fully saturated rings. The van der Waals surface area contributed by atoms with E-state index >= 15 is 0 Å². The molecule has 0 amide bonds. The normalized spacial score (nSPS) is 12.6. The second kappa shape index (κ2) is 6.68. The summed E-state index contributed by atoms with van der Waals surface area (Å²) in [7, 11) is 0. The average Bonchev–Trinajstić information content (AvgIpc) is 2.80. The van der Waals surface area contributed by atoms with Gasteiger partial charge in [-0.15, -0.1) is 0 Å². The van der Waals surface area contributed by atoms with Gasteiger partial charge in [0.1, 0.15) is 0 Å². The Kier molecular flexibility index (Phi) is 4.93. The van der Waals surface area contributed by atoms with Gasteiger partial charge in [-0.2, -0.15) is 4.98 Å². The van der Waals surface area contributed by atoms with Crippen LogP contribution < -0.4 is 5.73 Å². The number of rotatable bonds is 6. The van der Waals surface area contributed by atoms with Crippen LogP contribution in [0.4, 0.5) is 0 Å². The van der Waals surface area contributed by atoms with Crippen LogP contribution in [0.25, 0.3) is 0 Å². The molecule has 102 valence electrons. The van der Waals surface area contributed by atoms with Crippen LogP contribution in [-0.2, 0) is 12.8 Å². The van der Waals surface area contributed by atoms with Crippen molar-refractivity contribution in [3.05, 3.63) is 46.6 Å². The lowest BCUT2D eigenvalue weighted by molar-refractivity contribution is 0.361. The Hall–Kier alpha value is -1.39. The van der Waals surface area contributed by atoms with Crippen molar-refractivity contribution in [2.75, 3.05) is 0 Å². The first-order valence-electron chi connectivity index (χ1n) is 6.49. The van der Waals surface area contributed by atoms with Crippen LogP contribution in [0.3, 0.4) is 0 Å². The lowest BCUT2D eigenvalue weighted by atomic mass is 10.1. The van der Waals surface area contributed by atoms with Crippen molar-refractivity contribution in [3.8, 4) is 0 Å². The van der Waals surface area contributed by atoms with Crippen LogP contribution in [0.1, 0.15) is 37.0 Å². The Labute approximate surface area is 118 Å². The molecule has 1 heterocycles. The van der Waals surface area contributed by atoms with Crippen LogP contribution >= 0.6 is 11.6 Å². The Morgan fingerprint density at radius 1 is 1.37 bits per heavy atom. The standard InChI is InChI=1S/C14H18ClN3O/c1-2-5-11(16)9-14-17-13(18-19-14)8-10-6-3-4-7-12(10)15/h3-4,6-7,11H,2,5,8-9,16H2,1H3. The fraction of sp³-hybridized carbons (Fsp3) is 0.429. The highest BCUT2D eigenvalue weighted by molar-refractivity contribution is 6.31. The summed E-state index contributed by atoms with van der Waals surface area (Å²) < 4.78 is 5.21. The molecule has 0 bridgehead atoms. The Morgan fingerprint density at radius 2 is 2.16 bits per heavy atom. The fourth-order valence-corrected chi connectivity index (χ4v) is 2.16. The van der Waals surface area contributed by atoms with Crippen LogP contribution in [-0.4, -0.2) is 16.2 Å². The zero-order valence-electron chi connectivity index (χ0n) is 11.0. The first kappa shape index (κ1) is 14.0. The van der Waals surface area contributed by atoms with E-state index in [0.717, 1.165) is 23.4 Å². The topological polar surface area (TPSA) is 64.9 Å². The highest BCUT2D eigenvalue weighted by atomic mass is 35.5. The molecule has 0 aliphatic carbocycles. The summed E-state index contributed by atoms with van der Waals surface area (Å²) in [5.41, 5.74) is 6.95. The summed E-state index contributed by atoms with van der Waals surface area (Å²) in [6.07, 6.45) is 3.22. The highest BCUT2D eigenvalue weighted by Gasteiger charge is 2.12. The number of nitrogens with zero attached hydrogens (tertiary/aromatic N) is 2. The monoisotopic (exact) mass is 279 g/mol. The highest BCUT2D eigenvalue weighted by Crippen LogP contribution is 2.17. The van der Waals surface area contributed by atoms with Crippen LogP contribution in [0.5, 0.6) is 0 Å². The number of hydrogen-bond acceptors (Lipinski definition) is 4. The maximum Gasteiger partial charge on any atom is 0.228 e. The molecule has 2 rings (SSSR count). The van der Waals surface area contributed by atoms with Gasteiger partial charge in [-0.05, 0) is 18.1 Å². The lowest BCUT2D eigenvalue weighted by Crippen LogP contribution is -2.22. The number of halogens is 1. The van der Waals surface area contributed by atoms with Gasteiger partial charge < -0.3 is 10.3 Å². The minimum Gasteiger partial charge on any atom is -0.339 e. The van der Waals surface area contributed by atoms with Crippen molar-refractivity contribution < 1.29 is 4.52 Å². The molecule has 1 aromatic carbocycles. The largest absolute Gasteiger partial charge is 0.339 e. The van der Waals surface area contributed by atoms with Gasteiger partial charge in [-0.3, -0.25) is 0 Å². The van der Waals surface area contributed by atoms with Gasteiger partial charge in [-0.1, -0.05) is 48.3 Å². The third-order valence-corrected chi connectivity index (χ3v) is 3.28. The van der Waals surface area contributed by atoms with E-state index in [1.807, 2.05) is 24.3 Å². The second-order valence-corrected chi connectivity index (χ2v) is 5.03. The lowest BCUT2D eigenvalue weighted by Gasteiger charge is -2.05. The van der Waals surface area contributed by atoms with Crippen molar-refractivity contribution >= 4 is 11.6 Å². The fourth-order valence-electron chi connectivity index (χ4n) is 1.95. The van der Waals surface area contributed by atoms with Crippen LogP contribution in [0.2, 0.25) is 5.02 Å². The van der Waals surface area contributed by atoms with Gasteiger partial charge in [0.15, 0.2) is 5.82 Å². The molecule has 2 aromatic rings. The predicted molar refractivity (Wildman–Crippen MR) is 75.1 cm³/mol. The van der Waals surface area contributed by atoms with E-state index in [-0.39, 0.29) is 6.04 Å². The van der Waals surface area contributed by atoms with Gasteiger partial charge in [0.25, 0.3) is 0 Å². The van der Waals surface area contributed by atoms with Gasteiger partial charge >= 0.3 is 0 Å². The smallest absolute Gasteiger partial charge is 0.228 e. The zero-order chi connectivity index (χ0) is 13.7. The van der Waals surface area contributed by atoms with Crippen LogP contribution in [0.15, 0.2) is 28.8 Å². The molecule has 1 aromatic heterocycles. The van der Waals surface area contributed by atoms with E-state index in [1.165, 1.54) is 0 Å². The Balaban J connectivity index is 2.00. The molecule has 1 atom stereocenters.